The number of H-pyrrole nitrogens is 1. The van der Waals surface area contributed by atoms with Gasteiger partial charge in [-0.25, -0.2) is 9.98 Å². The minimum Gasteiger partial charge on any atom is -0.370 e. The Bertz CT molecular complexity index is 1390. The third-order valence-corrected chi connectivity index (χ3v) is 9.64. The zero-order valence-corrected chi connectivity index (χ0v) is 24.1. The minimum atomic E-state index is -0.206. The fourth-order valence-electron chi connectivity index (χ4n) is 5.68. The molecule has 3 aromatic heterocycles. The molecule has 202 valence electrons. The number of halogens is 2. The van der Waals surface area contributed by atoms with Crippen molar-refractivity contribution in [1.82, 2.24) is 35.1 Å². The molecule has 0 bridgehead atoms. The van der Waals surface area contributed by atoms with Crippen LogP contribution in [0, 0.1) is 11.8 Å². The van der Waals surface area contributed by atoms with Gasteiger partial charge in [-0.05, 0) is 68.3 Å². The maximum atomic E-state index is 13.2. The predicted octanol–water partition coefficient (Wildman–Crippen LogP) is 1.43. The summed E-state index contributed by atoms with van der Waals surface area (Å²) in [6.07, 6.45) is 4.26. The van der Waals surface area contributed by atoms with Crippen molar-refractivity contribution < 1.29 is 9.59 Å². The van der Waals surface area contributed by atoms with E-state index in [-0.39, 0.29) is 41.7 Å². The normalized spacial score (nSPS) is 24.4. The van der Waals surface area contributed by atoms with Gasteiger partial charge in [0.25, 0.3) is 11.8 Å². The average Bonchev–Trinajstić information content (AvgIpc) is 3.65. The van der Waals surface area contributed by atoms with Crippen molar-refractivity contribution >= 4 is 55.6 Å². The van der Waals surface area contributed by atoms with Gasteiger partial charge in [0.1, 0.15) is 11.4 Å². The smallest absolute Gasteiger partial charge is 0.267 e. The highest BCUT2D eigenvalue weighted by Crippen LogP contribution is 2.44. The zero-order chi connectivity index (χ0) is 27.1. The number of carbonyl (C=O) groups is 2. The van der Waals surface area contributed by atoms with Crippen molar-refractivity contribution in [2.45, 2.75) is 24.4 Å². The standard InChI is InChI=1S/C24H30Br2N10O2/c1-35-5-3-4-16(35)21(37)29-8-11-6-14-19(34-24(28)32-14)18(15-10-31-23(27)33-15)12(11)9-30-22(38)17-7-13(25)20(26)36(17)2/h3-5,7,10-12,14,18-19H,6,8-9H2,1-2H3,(H,29,37)(H,30,38)(H3,27,31,33)(H3,28,32,34)/t11-,12-,14?,18-,19?/m1/s1. The van der Waals surface area contributed by atoms with E-state index in [4.69, 9.17) is 16.5 Å². The molecule has 1 aliphatic heterocycles. The lowest BCUT2D eigenvalue weighted by Gasteiger charge is -2.43. The van der Waals surface area contributed by atoms with Crippen molar-refractivity contribution in [3.05, 3.63) is 56.8 Å². The summed E-state index contributed by atoms with van der Waals surface area (Å²) in [6.45, 7) is 0.767. The molecule has 0 radical (unpaired) electrons. The number of fused-ring (bicyclic) bond motifs is 1. The van der Waals surface area contributed by atoms with E-state index in [9.17, 15) is 9.59 Å². The van der Waals surface area contributed by atoms with E-state index < -0.39 is 0 Å². The number of anilines is 1. The van der Waals surface area contributed by atoms with Gasteiger partial charge in [-0.15, -0.1) is 0 Å². The van der Waals surface area contributed by atoms with E-state index >= 15 is 0 Å². The van der Waals surface area contributed by atoms with E-state index in [2.05, 4.69) is 57.8 Å². The SMILES string of the molecule is Cn1cccc1C(=O)NC[C@H]1CC2NC(N)=NC2[C@@H](c2cnc(N)[nH]2)[C@@H]1CNC(=O)c1cc(Br)c(Br)n1C. The molecule has 38 heavy (non-hydrogen) atoms. The molecule has 0 aromatic carbocycles. The lowest BCUT2D eigenvalue weighted by Crippen LogP contribution is -2.53. The van der Waals surface area contributed by atoms with Crippen LogP contribution >= 0.6 is 31.9 Å². The number of hydrogen-bond acceptors (Lipinski definition) is 7. The molecule has 2 amide bonds. The van der Waals surface area contributed by atoms with E-state index in [1.807, 2.05) is 26.4 Å². The van der Waals surface area contributed by atoms with Gasteiger partial charge in [0, 0.05) is 45.0 Å². The summed E-state index contributed by atoms with van der Waals surface area (Å²) in [5.74, 6) is 0.0537. The van der Waals surface area contributed by atoms with Crippen LogP contribution in [-0.4, -0.2) is 62.0 Å². The van der Waals surface area contributed by atoms with Crippen molar-refractivity contribution in [2.24, 2.45) is 36.7 Å². The summed E-state index contributed by atoms with van der Waals surface area (Å²) in [7, 11) is 3.65. The Hall–Kier alpha value is -3.26. The third kappa shape index (κ3) is 4.94. The molecule has 14 heteroatoms. The van der Waals surface area contributed by atoms with E-state index in [1.165, 1.54) is 0 Å². The molecular weight excluding hydrogens is 620 g/mol. The highest BCUT2D eigenvalue weighted by atomic mass is 79.9. The predicted molar refractivity (Wildman–Crippen MR) is 151 cm³/mol. The number of nitrogens with one attached hydrogen (secondary N) is 4. The van der Waals surface area contributed by atoms with Crippen molar-refractivity contribution in [2.75, 3.05) is 18.8 Å². The summed E-state index contributed by atoms with van der Waals surface area (Å²) in [4.78, 5) is 38.2. The number of imidazole rings is 1. The van der Waals surface area contributed by atoms with E-state index in [0.717, 1.165) is 14.8 Å². The first kappa shape index (κ1) is 26.4. The fourth-order valence-corrected chi connectivity index (χ4v) is 6.46. The summed E-state index contributed by atoms with van der Waals surface area (Å²) < 4.78 is 5.12. The molecule has 1 aliphatic carbocycles. The lowest BCUT2D eigenvalue weighted by molar-refractivity contribution is 0.0867. The number of aromatic amines is 1. The molecule has 5 atom stereocenters. The van der Waals surface area contributed by atoms with Gasteiger partial charge in [-0.2, -0.15) is 0 Å². The molecule has 4 heterocycles. The number of aryl methyl sites for hydroxylation is 1. The lowest BCUT2D eigenvalue weighted by atomic mass is 9.66. The van der Waals surface area contributed by atoms with Gasteiger partial charge in [0.15, 0.2) is 11.9 Å². The average molecular weight is 650 g/mol. The van der Waals surface area contributed by atoms with Crippen LogP contribution in [-0.2, 0) is 14.1 Å². The summed E-state index contributed by atoms with van der Waals surface area (Å²) in [6, 6.07) is 5.19. The number of hydrogen-bond donors (Lipinski definition) is 6. The minimum absolute atomic E-state index is 0.00391. The van der Waals surface area contributed by atoms with E-state index in [0.29, 0.717) is 42.8 Å². The monoisotopic (exact) mass is 648 g/mol. The molecule has 2 unspecified atom stereocenters. The second-order valence-electron chi connectivity index (χ2n) is 9.82. The van der Waals surface area contributed by atoms with Crippen LogP contribution in [0.5, 0.6) is 0 Å². The number of guanidine groups is 1. The molecule has 3 aromatic rings. The number of aromatic nitrogens is 4. The first-order valence-corrected chi connectivity index (χ1v) is 13.8. The highest BCUT2D eigenvalue weighted by molar-refractivity contribution is 9.13. The number of amides is 2. The second-order valence-corrected chi connectivity index (χ2v) is 11.4. The summed E-state index contributed by atoms with van der Waals surface area (Å²) >= 11 is 6.94. The molecule has 8 N–H and O–H groups in total. The van der Waals surface area contributed by atoms with Crippen molar-refractivity contribution in [3.63, 3.8) is 0 Å². The fraction of sp³-hybridized carbons (Fsp3) is 0.417. The van der Waals surface area contributed by atoms with Crippen LogP contribution in [0.25, 0.3) is 0 Å². The number of nitrogens with zero attached hydrogens (tertiary/aromatic N) is 4. The van der Waals surface area contributed by atoms with Gasteiger partial charge < -0.3 is 41.5 Å². The number of carbonyl (C=O) groups excluding carboxylic acids is 2. The molecule has 5 rings (SSSR count). The quantitative estimate of drug-likeness (QED) is 0.226. The van der Waals surface area contributed by atoms with Crippen LogP contribution in [0.1, 0.15) is 39.0 Å². The first-order chi connectivity index (χ1) is 18.1. The Labute approximate surface area is 236 Å². The summed E-state index contributed by atoms with van der Waals surface area (Å²) in [5, 5.41) is 9.50. The largest absolute Gasteiger partial charge is 0.370 e. The van der Waals surface area contributed by atoms with Gasteiger partial charge >= 0.3 is 0 Å². The molecule has 1 fully saturated rings. The number of aliphatic imine (C=N–C) groups is 1. The van der Waals surface area contributed by atoms with Gasteiger partial charge in [-0.1, -0.05) is 0 Å². The van der Waals surface area contributed by atoms with E-state index in [1.54, 1.807) is 27.5 Å². The van der Waals surface area contributed by atoms with Crippen molar-refractivity contribution in [1.29, 1.82) is 0 Å². The van der Waals surface area contributed by atoms with Crippen LogP contribution < -0.4 is 27.4 Å². The maximum Gasteiger partial charge on any atom is 0.267 e. The first-order valence-electron chi connectivity index (χ1n) is 12.2. The maximum absolute atomic E-state index is 13.2. The van der Waals surface area contributed by atoms with Crippen LogP contribution in [0.15, 0.2) is 44.7 Å². The van der Waals surface area contributed by atoms with Crippen LogP contribution in [0.4, 0.5) is 5.95 Å². The Kier molecular flexibility index (Phi) is 7.27. The summed E-state index contributed by atoms with van der Waals surface area (Å²) in [5.41, 5.74) is 14.0. The van der Waals surface area contributed by atoms with Crippen LogP contribution in [0.2, 0.25) is 0 Å². The molecule has 2 aliphatic rings. The van der Waals surface area contributed by atoms with Crippen LogP contribution in [0.3, 0.4) is 0 Å². The van der Waals surface area contributed by atoms with Gasteiger partial charge in [0.2, 0.25) is 0 Å². The second kappa shape index (κ2) is 10.5. The molecule has 0 saturated heterocycles. The molecular formula is C24H30Br2N10O2. The molecule has 0 spiro atoms. The number of rotatable bonds is 7. The molecule has 12 nitrogen and oxygen atoms in total. The Morgan fingerprint density at radius 3 is 2.53 bits per heavy atom. The van der Waals surface area contributed by atoms with Crippen molar-refractivity contribution in [3.8, 4) is 0 Å². The third-order valence-electron chi connectivity index (χ3n) is 7.55. The zero-order valence-electron chi connectivity index (χ0n) is 20.9. The Balaban J connectivity index is 1.43. The number of nitrogens with two attached hydrogens (primary N) is 2. The number of nitrogen functional groups attached to an aromatic ring is 1. The van der Waals surface area contributed by atoms with Gasteiger partial charge in [-0.3, -0.25) is 9.59 Å². The topological polar surface area (TPSA) is 173 Å². The Morgan fingerprint density at radius 2 is 1.89 bits per heavy atom. The van der Waals surface area contributed by atoms with Gasteiger partial charge in [0.05, 0.1) is 27.4 Å². The highest BCUT2D eigenvalue weighted by Gasteiger charge is 2.48. The Morgan fingerprint density at radius 1 is 1.16 bits per heavy atom. The molecule has 1 saturated carbocycles.